The molecular weight excluding hydrogens is 166 g/mol. The topological polar surface area (TPSA) is 26.0 Å². The Morgan fingerprint density at radius 1 is 1.58 bits per heavy atom. The molecule has 0 aromatic carbocycles. The molecule has 2 rings (SSSR count). The maximum atomic E-state index is 5.75. The third-order valence-corrected chi connectivity index (χ3v) is 3.58. The molecule has 1 heterocycles. The Labute approximate surface area is 77.6 Å². The monoisotopic (exact) mass is 181 g/mol. The smallest absolute Gasteiger partial charge is 0.00802 e. The molecule has 1 aromatic heterocycles. The van der Waals surface area contributed by atoms with Gasteiger partial charge in [-0.2, -0.15) is 0 Å². The van der Waals surface area contributed by atoms with E-state index >= 15 is 0 Å². The van der Waals surface area contributed by atoms with Crippen molar-refractivity contribution in [2.45, 2.75) is 38.6 Å². The number of rotatable bonds is 2. The number of nitrogens with two attached hydrogens (primary N) is 1. The predicted octanol–water partition coefficient (Wildman–Crippen LogP) is 2.13. The van der Waals surface area contributed by atoms with Gasteiger partial charge in [0.15, 0.2) is 0 Å². The Morgan fingerprint density at radius 3 is 3.08 bits per heavy atom. The fraction of sp³-hybridized carbons (Fsp3) is 0.600. The van der Waals surface area contributed by atoms with Gasteiger partial charge in [0.1, 0.15) is 0 Å². The Balaban J connectivity index is 2.15. The third-order valence-electron chi connectivity index (χ3n) is 2.32. The second kappa shape index (κ2) is 3.19. The first-order valence-electron chi connectivity index (χ1n) is 4.62. The van der Waals surface area contributed by atoms with Crippen LogP contribution in [-0.4, -0.2) is 6.04 Å². The minimum Gasteiger partial charge on any atom is -0.328 e. The summed E-state index contributed by atoms with van der Waals surface area (Å²) in [5.41, 5.74) is 7.34. The van der Waals surface area contributed by atoms with Gasteiger partial charge in [0.2, 0.25) is 0 Å². The summed E-state index contributed by atoms with van der Waals surface area (Å²) >= 11 is 1.97. The first-order chi connectivity index (χ1) is 5.75. The largest absolute Gasteiger partial charge is 0.328 e. The van der Waals surface area contributed by atoms with Crippen LogP contribution >= 0.6 is 11.3 Å². The molecule has 0 spiro atoms. The second-order valence-corrected chi connectivity index (χ2v) is 4.92. The van der Waals surface area contributed by atoms with Gasteiger partial charge in [-0.05, 0) is 44.2 Å². The molecule has 0 saturated heterocycles. The molecule has 1 aromatic rings. The lowest BCUT2D eigenvalue weighted by atomic mass is 10.2. The summed E-state index contributed by atoms with van der Waals surface area (Å²) in [5.74, 6) is 0. The van der Waals surface area contributed by atoms with Crippen LogP contribution in [0.1, 0.15) is 28.7 Å². The molecule has 1 aliphatic rings. The SMILES string of the molecule is C[C@H](N)Cc1cc2c(s1)CCC2. The van der Waals surface area contributed by atoms with Gasteiger partial charge in [0, 0.05) is 15.8 Å². The van der Waals surface area contributed by atoms with Crippen LogP contribution in [0, 0.1) is 0 Å². The van der Waals surface area contributed by atoms with E-state index in [1.807, 2.05) is 11.3 Å². The first kappa shape index (κ1) is 8.27. The van der Waals surface area contributed by atoms with Gasteiger partial charge < -0.3 is 5.73 Å². The van der Waals surface area contributed by atoms with Crippen LogP contribution in [0.3, 0.4) is 0 Å². The fourth-order valence-electron chi connectivity index (χ4n) is 1.81. The van der Waals surface area contributed by atoms with Crippen LogP contribution in [-0.2, 0) is 19.3 Å². The molecule has 0 radical (unpaired) electrons. The quantitative estimate of drug-likeness (QED) is 0.743. The minimum atomic E-state index is 0.309. The highest BCUT2D eigenvalue weighted by Gasteiger charge is 2.14. The van der Waals surface area contributed by atoms with Gasteiger partial charge in [-0.25, -0.2) is 0 Å². The Bertz CT molecular complexity index is 254. The third kappa shape index (κ3) is 1.54. The number of hydrogen-bond acceptors (Lipinski definition) is 2. The maximum absolute atomic E-state index is 5.75. The highest BCUT2D eigenvalue weighted by molar-refractivity contribution is 7.12. The highest BCUT2D eigenvalue weighted by atomic mass is 32.1. The maximum Gasteiger partial charge on any atom is 0.00802 e. The molecule has 1 atom stereocenters. The van der Waals surface area contributed by atoms with Gasteiger partial charge in [0.05, 0.1) is 0 Å². The molecular formula is C10H15NS. The van der Waals surface area contributed by atoms with Crippen molar-refractivity contribution in [3.05, 3.63) is 21.4 Å². The molecule has 2 N–H and O–H groups in total. The van der Waals surface area contributed by atoms with Crippen LogP contribution in [0.4, 0.5) is 0 Å². The van der Waals surface area contributed by atoms with E-state index < -0.39 is 0 Å². The van der Waals surface area contributed by atoms with E-state index in [2.05, 4.69) is 13.0 Å². The van der Waals surface area contributed by atoms with Crippen molar-refractivity contribution in [1.82, 2.24) is 0 Å². The lowest BCUT2D eigenvalue weighted by molar-refractivity contribution is 0.746. The average molecular weight is 181 g/mol. The Hall–Kier alpha value is -0.340. The molecule has 1 nitrogen and oxygen atoms in total. The van der Waals surface area contributed by atoms with Crippen molar-refractivity contribution < 1.29 is 0 Å². The number of fused-ring (bicyclic) bond motifs is 1. The molecule has 0 unspecified atom stereocenters. The lowest BCUT2D eigenvalue weighted by Crippen LogP contribution is -2.16. The lowest BCUT2D eigenvalue weighted by Gasteiger charge is -2.00. The zero-order chi connectivity index (χ0) is 8.55. The van der Waals surface area contributed by atoms with Crippen molar-refractivity contribution in [1.29, 1.82) is 0 Å². The summed E-state index contributed by atoms with van der Waals surface area (Å²) in [6, 6.07) is 2.67. The van der Waals surface area contributed by atoms with Gasteiger partial charge >= 0.3 is 0 Å². The van der Waals surface area contributed by atoms with Crippen molar-refractivity contribution in [2.24, 2.45) is 5.73 Å². The molecule has 0 aliphatic heterocycles. The number of hydrogen-bond donors (Lipinski definition) is 1. The summed E-state index contributed by atoms with van der Waals surface area (Å²) in [5, 5.41) is 0. The van der Waals surface area contributed by atoms with Crippen LogP contribution in [0.2, 0.25) is 0 Å². The summed E-state index contributed by atoms with van der Waals surface area (Å²) in [6.07, 6.45) is 5.01. The van der Waals surface area contributed by atoms with Gasteiger partial charge in [-0.1, -0.05) is 0 Å². The fourth-order valence-corrected chi connectivity index (χ4v) is 3.21. The molecule has 1 aliphatic carbocycles. The standard InChI is InChI=1S/C10H15NS/c1-7(11)5-9-6-8-3-2-4-10(8)12-9/h6-7H,2-5,11H2,1H3/t7-/m0/s1. The van der Waals surface area contributed by atoms with E-state index in [0.717, 1.165) is 6.42 Å². The number of thiophene rings is 1. The van der Waals surface area contributed by atoms with E-state index in [-0.39, 0.29) is 0 Å². The highest BCUT2D eigenvalue weighted by Crippen LogP contribution is 2.30. The van der Waals surface area contributed by atoms with E-state index in [4.69, 9.17) is 5.73 Å². The minimum absolute atomic E-state index is 0.309. The molecule has 12 heavy (non-hydrogen) atoms. The summed E-state index contributed by atoms with van der Waals surface area (Å²) in [6.45, 7) is 2.07. The first-order valence-corrected chi connectivity index (χ1v) is 5.43. The van der Waals surface area contributed by atoms with Crippen molar-refractivity contribution in [2.75, 3.05) is 0 Å². The van der Waals surface area contributed by atoms with Crippen LogP contribution < -0.4 is 5.73 Å². The average Bonchev–Trinajstić information content (AvgIpc) is 2.43. The number of aryl methyl sites for hydroxylation is 2. The van der Waals surface area contributed by atoms with E-state index in [9.17, 15) is 0 Å². The zero-order valence-electron chi connectivity index (χ0n) is 7.47. The van der Waals surface area contributed by atoms with Crippen LogP contribution in [0.25, 0.3) is 0 Å². The van der Waals surface area contributed by atoms with Gasteiger partial charge in [0.25, 0.3) is 0 Å². The van der Waals surface area contributed by atoms with E-state index in [0.29, 0.717) is 6.04 Å². The molecule has 0 amide bonds. The van der Waals surface area contributed by atoms with E-state index in [1.54, 1.807) is 10.4 Å². The normalized spacial score (nSPS) is 17.8. The zero-order valence-corrected chi connectivity index (χ0v) is 8.29. The van der Waals surface area contributed by atoms with Crippen molar-refractivity contribution in [3.63, 3.8) is 0 Å². The van der Waals surface area contributed by atoms with Gasteiger partial charge in [-0.15, -0.1) is 11.3 Å². The van der Waals surface area contributed by atoms with Gasteiger partial charge in [-0.3, -0.25) is 0 Å². The molecule has 2 heteroatoms. The van der Waals surface area contributed by atoms with Crippen molar-refractivity contribution >= 4 is 11.3 Å². The molecule has 0 saturated carbocycles. The molecule has 66 valence electrons. The second-order valence-electron chi connectivity index (χ2n) is 3.70. The molecule has 0 fully saturated rings. The van der Waals surface area contributed by atoms with E-state index in [1.165, 1.54) is 24.1 Å². The van der Waals surface area contributed by atoms with Crippen molar-refractivity contribution in [3.8, 4) is 0 Å². The Morgan fingerprint density at radius 2 is 2.42 bits per heavy atom. The van der Waals surface area contributed by atoms with Crippen LogP contribution in [0.5, 0.6) is 0 Å². The Kier molecular flexibility index (Phi) is 2.20. The predicted molar refractivity (Wildman–Crippen MR) is 53.7 cm³/mol. The summed E-state index contributed by atoms with van der Waals surface area (Å²) < 4.78 is 0. The van der Waals surface area contributed by atoms with Crippen LogP contribution in [0.15, 0.2) is 6.07 Å². The molecule has 0 bridgehead atoms. The summed E-state index contributed by atoms with van der Waals surface area (Å²) in [7, 11) is 0. The summed E-state index contributed by atoms with van der Waals surface area (Å²) in [4.78, 5) is 3.10.